The van der Waals surface area contributed by atoms with Crippen LogP contribution in [0.2, 0.25) is 0 Å². The largest absolute Gasteiger partial charge is 0.457 e. The van der Waals surface area contributed by atoms with E-state index in [9.17, 15) is 0 Å². The van der Waals surface area contributed by atoms with Crippen molar-refractivity contribution in [3.8, 4) is 11.5 Å². The van der Waals surface area contributed by atoms with Crippen LogP contribution in [0, 0.1) is 0 Å². The summed E-state index contributed by atoms with van der Waals surface area (Å²) < 4.78 is 11.3. The van der Waals surface area contributed by atoms with E-state index < -0.39 is 0 Å². The smallest absolute Gasteiger partial charge is 0.145 e. The molecule has 0 atom stereocenters. The van der Waals surface area contributed by atoms with E-state index in [0.717, 1.165) is 56.8 Å². The second-order valence-corrected chi connectivity index (χ2v) is 11.9. The van der Waals surface area contributed by atoms with Gasteiger partial charge in [0.15, 0.2) is 0 Å². The van der Waals surface area contributed by atoms with Crippen molar-refractivity contribution in [2.75, 3.05) is 18.6 Å². The molecule has 5 aromatic carbocycles. The molecular formula is C39H27N5O. The number of benzene rings is 5. The first kappa shape index (κ1) is 24.4. The van der Waals surface area contributed by atoms with Gasteiger partial charge in [0.05, 0.1) is 34.3 Å². The molecule has 10 rings (SSSR count). The molecule has 0 amide bonds. The third-order valence-electron chi connectivity index (χ3n) is 9.22. The van der Waals surface area contributed by atoms with Crippen LogP contribution in [0.1, 0.15) is 0 Å². The third-order valence-corrected chi connectivity index (χ3v) is 9.22. The number of fused-ring (bicyclic) bond motifs is 10. The fourth-order valence-corrected chi connectivity index (χ4v) is 7.32. The highest BCUT2D eigenvalue weighted by Gasteiger charge is 2.20. The maximum Gasteiger partial charge on any atom is 0.145 e. The van der Waals surface area contributed by atoms with Crippen molar-refractivity contribution in [2.45, 2.75) is 0 Å². The lowest BCUT2D eigenvalue weighted by Crippen LogP contribution is -2.21. The fraction of sp³-hybridized carbons (Fsp3) is 0.0513. The topological polar surface area (TPSA) is 37.4 Å². The Morgan fingerprint density at radius 1 is 0.556 bits per heavy atom. The Kier molecular flexibility index (Phi) is 4.89. The first-order chi connectivity index (χ1) is 22.2. The second kappa shape index (κ2) is 9.00. The predicted molar refractivity (Wildman–Crippen MR) is 184 cm³/mol. The van der Waals surface area contributed by atoms with Gasteiger partial charge in [0.1, 0.15) is 17.1 Å². The SMILES string of the molecule is CN1C=CN(c2cccc(Oc3ccc4c5cccc6c5n(c4c3)c3ncccc3c3cccc4c5ccccc5n6c43)c2)C1. The Bertz CT molecular complexity index is 2700. The normalized spacial score (nSPS) is 13.6. The van der Waals surface area contributed by atoms with E-state index in [0.29, 0.717) is 0 Å². The zero-order chi connectivity index (χ0) is 29.6. The summed E-state index contributed by atoms with van der Waals surface area (Å²) >= 11 is 0. The van der Waals surface area contributed by atoms with Gasteiger partial charge in [0.25, 0.3) is 0 Å². The average Bonchev–Trinajstić information content (AvgIpc) is 3.76. The van der Waals surface area contributed by atoms with Crippen molar-refractivity contribution in [3.05, 3.63) is 134 Å². The number of rotatable bonds is 3. The first-order valence-electron chi connectivity index (χ1n) is 15.2. The van der Waals surface area contributed by atoms with Gasteiger partial charge in [-0.2, -0.15) is 0 Å². The number of hydrogen-bond acceptors (Lipinski definition) is 4. The number of nitrogens with zero attached hydrogens (tertiary/aromatic N) is 5. The van der Waals surface area contributed by atoms with Crippen LogP contribution in [-0.2, 0) is 0 Å². The number of para-hydroxylation sites is 3. The standard InChI is InChI=1S/C39H27N5O/c1-41-20-21-42(24-41)25-8-4-9-26(22-25)45-27-17-18-29-31-13-6-16-35-38(31)44(36(29)23-27)39-33(14-7-19-40-39)32-12-5-11-30-28-10-2-3-15-34(28)43(35)37(30)32/h2-23H,24H2,1H3. The molecule has 6 heteroatoms. The van der Waals surface area contributed by atoms with Gasteiger partial charge in [0.2, 0.25) is 0 Å². The summed E-state index contributed by atoms with van der Waals surface area (Å²) in [6, 6.07) is 40.9. The van der Waals surface area contributed by atoms with E-state index in [2.05, 4.69) is 135 Å². The molecule has 0 N–H and O–H groups in total. The number of aromatic nitrogens is 3. The molecule has 1 aliphatic heterocycles. The minimum atomic E-state index is 0.781. The Balaban J connectivity index is 1.30. The zero-order valence-corrected chi connectivity index (χ0v) is 24.6. The van der Waals surface area contributed by atoms with Gasteiger partial charge in [0, 0.05) is 75.8 Å². The van der Waals surface area contributed by atoms with Gasteiger partial charge >= 0.3 is 0 Å². The monoisotopic (exact) mass is 581 g/mol. The van der Waals surface area contributed by atoms with Crippen LogP contribution < -0.4 is 9.64 Å². The highest BCUT2D eigenvalue weighted by atomic mass is 16.5. The van der Waals surface area contributed by atoms with Crippen molar-refractivity contribution < 1.29 is 4.74 Å². The summed E-state index contributed by atoms with van der Waals surface area (Å²) in [5, 5.41) is 7.10. The third kappa shape index (κ3) is 3.42. The van der Waals surface area contributed by atoms with E-state index in [1.165, 1.54) is 32.6 Å². The van der Waals surface area contributed by atoms with Crippen LogP contribution in [0.3, 0.4) is 0 Å². The molecule has 214 valence electrons. The lowest BCUT2D eigenvalue weighted by Gasteiger charge is -2.19. The van der Waals surface area contributed by atoms with Gasteiger partial charge in [-0.3, -0.25) is 4.40 Å². The van der Waals surface area contributed by atoms with E-state index in [1.807, 2.05) is 24.4 Å². The molecule has 45 heavy (non-hydrogen) atoms. The highest BCUT2D eigenvalue weighted by molar-refractivity contribution is 6.23. The maximum atomic E-state index is 6.55. The van der Waals surface area contributed by atoms with Gasteiger partial charge in [-0.05, 0) is 48.5 Å². The van der Waals surface area contributed by atoms with Gasteiger partial charge < -0.3 is 18.9 Å². The lowest BCUT2D eigenvalue weighted by atomic mass is 10.1. The molecule has 4 aromatic heterocycles. The van der Waals surface area contributed by atoms with Crippen molar-refractivity contribution in [1.29, 1.82) is 0 Å². The molecule has 0 spiro atoms. The minimum Gasteiger partial charge on any atom is -0.457 e. The van der Waals surface area contributed by atoms with E-state index in [4.69, 9.17) is 9.72 Å². The van der Waals surface area contributed by atoms with Gasteiger partial charge in [-0.15, -0.1) is 0 Å². The molecule has 0 aliphatic carbocycles. The van der Waals surface area contributed by atoms with Crippen molar-refractivity contribution in [3.63, 3.8) is 0 Å². The van der Waals surface area contributed by atoms with Crippen LogP contribution >= 0.6 is 0 Å². The Morgan fingerprint density at radius 2 is 1.27 bits per heavy atom. The molecule has 9 aromatic rings. The van der Waals surface area contributed by atoms with Crippen LogP contribution in [-0.4, -0.2) is 32.4 Å². The molecular weight excluding hydrogens is 554 g/mol. The first-order valence-corrected chi connectivity index (χ1v) is 15.2. The van der Waals surface area contributed by atoms with Crippen molar-refractivity contribution in [1.82, 2.24) is 18.7 Å². The molecule has 6 nitrogen and oxygen atoms in total. The molecule has 0 fully saturated rings. The second-order valence-electron chi connectivity index (χ2n) is 11.9. The molecule has 0 unspecified atom stereocenters. The van der Waals surface area contributed by atoms with Gasteiger partial charge in [-0.25, -0.2) is 4.98 Å². The van der Waals surface area contributed by atoms with Crippen molar-refractivity contribution >= 4 is 71.2 Å². The van der Waals surface area contributed by atoms with E-state index in [1.54, 1.807) is 0 Å². The Labute approximate surface area is 258 Å². The molecule has 0 radical (unpaired) electrons. The molecule has 0 saturated heterocycles. The molecule has 1 aliphatic rings. The van der Waals surface area contributed by atoms with Crippen LogP contribution in [0.4, 0.5) is 5.69 Å². The lowest BCUT2D eigenvalue weighted by molar-refractivity contribution is 0.481. The number of hydrogen-bond donors (Lipinski definition) is 0. The zero-order valence-electron chi connectivity index (χ0n) is 24.6. The number of anilines is 1. The molecule has 0 saturated carbocycles. The van der Waals surface area contributed by atoms with Gasteiger partial charge in [-0.1, -0.05) is 54.6 Å². The summed E-state index contributed by atoms with van der Waals surface area (Å²) in [4.78, 5) is 9.41. The summed E-state index contributed by atoms with van der Waals surface area (Å²) in [6.07, 6.45) is 6.07. The Morgan fingerprint density at radius 3 is 2.16 bits per heavy atom. The summed E-state index contributed by atoms with van der Waals surface area (Å²) in [7, 11) is 2.07. The minimum absolute atomic E-state index is 0.781. The summed E-state index contributed by atoms with van der Waals surface area (Å²) in [6.45, 7) is 0.816. The number of pyridine rings is 1. The quantitative estimate of drug-likeness (QED) is 0.208. The summed E-state index contributed by atoms with van der Waals surface area (Å²) in [5.74, 6) is 1.58. The average molecular weight is 582 g/mol. The fourth-order valence-electron chi connectivity index (χ4n) is 7.32. The molecule has 5 heterocycles. The molecule has 0 bridgehead atoms. The predicted octanol–water partition coefficient (Wildman–Crippen LogP) is 9.33. The van der Waals surface area contributed by atoms with Crippen LogP contribution in [0.25, 0.3) is 65.5 Å². The Hall–Kier alpha value is -6.01. The van der Waals surface area contributed by atoms with Crippen LogP contribution in [0.15, 0.2) is 134 Å². The van der Waals surface area contributed by atoms with Crippen molar-refractivity contribution in [2.24, 2.45) is 0 Å². The maximum absolute atomic E-state index is 6.55. The summed E-state index contributed by atoms with van der Waals surface area (Å²) in [5.41, 5.74) is 7.74. The van der Waals surface area contributed by atoms with E-state index in [-0.39, 0.29) is 0 Å². The number of ether oxygens (including phenoxy) is 1. The van der Waals surface area contributed by atoms with E-state index >= 15 is 0 Å². The highest BCUT2D eigenvalue weighted by Crippen LogP contribution is 2.41. The van der Waals surface area contributed by atoms with Crippen LogP contribution in [0.5, 0.6) is 11.5 Å².